The molecule has 0 radical (unpaired) electrons. The first kappa shape index (κ1) is 16.9. The van der Waals surface area contributed by atoms with Gasteiger partial charge in [0.2, 0.25) is 0 Å². The topological polar surface area (TPSA) is 88.1 Å². The molecule has 1 atom stereocenters. The summed E-state index contributed by atoms with van der Waals surface area (Å²) in [6.07, 6.45) is 0.445. The number of carbonyl (C=O) groups is 2. The summed E-state index contributed by atoms with van der Waals surface area (Å²) < 4.78 is 10.5. The van der Waals surface area contributed by atoms with Gasteiger partial charge in [-0.1, -0.05) is 0 Å². The number of rotatable bonds is 4. The molecule has 2 N–H and O–H groups in total. The molecule has 1 saturated heterocycles. The smallest absolute Gasteiger partial charge is 0.321 e. The molecule has 7 heteroatoms. The number of urea groups is 1. The van der Waals surface area contributed by atoms with E-state index in [0.717, 1.165) is 5.56 Å². The fourth-order valence-electron chi connectivity index (χ4n) is 2.62. The normalized spacial score (nSPS) is 20.3. The maximum absolute atomic E-state index is 12.4. The Balaban J connectivity index is 2.14. The highest BCUT2D eigenvalue weighted by atomic mass is 16.5. The zero-order valence-electron chi connectivity index (χ0n) is 13.8. The van der Waals surface area contributed by atoms with Gasteiger partial charge < -0.3 is 24.8 Å². The summed E-state index contributed by atoms with van der Waals surface area (Å²) >= 11 is 0. The number of ether oxygens (including phenoxy) is 2. The Morgan fingerprint density at radius 2 is 1.87 bits per heavy atom. The Hall–Kier alpha value is -2.44. The molecular weight excluding hydrogens is 300 g/mol. The van der Waals surface area contributed by atoms with Crippen LogP contribution in [0, 0.1) is 12.3 Å². The number of aliphatic carboxylic acids is 1. The minimum absolute atomic E-state index is 0.195. The van der Waals surface area contributed by atoms with Crippen molar-refractivity contribution in [1.29, 1.82) is 0 Å². The van der Waals surface area contributed by atoms with Gasteiger partial charge in [-0.05, 0) is 31.9 Å². The monoisotopic (exact) mass is 322 g/mol. The van der Waals surface area contributed by atoms with E-state index in [2.05, 4.69) is 5.32 Å². The van der Waals surface area contributed by atoms with E-state index in [9.17, 15) is 14.7 Å². The van der Waals surface area contributed by atoms with Gasteiger partial charge in [-0.2, -0.15) is 0 Å². The quantitative estimate of drug-likeness (QED) is 0.888. The third-order valence-electron chi connectivity index (χ3n) is 4.25. The number of hydrogen-bond donors (Lipinski definition) is 2. The molecule has 0 saturated carbocycles. The maximum atomic E-state index is 12.4. The van der Waals surface area contributed by atoms with Gasteiger partial charge in [0.25, 0.3) is 0 Å². The fraction of sp³-hybridized carbons (Fsp3) is 0.500. The van der Waals surface area contributed by atoms with Crippen LogP contribution in [0.2, 0.25) is 0 Å². The van der Waals surface area contributed by atoms with Gasteiger partial charge in [0.1, 0.15) is 0 Å². The van der Waals surface area contributed by atoms with Crippen molar-refractivity contribution in [1.82, 2.24) is 4.90 Å². The van der Waals surface area contributed by atoms with Crippen molar-refractivity contribution in [3.8, 4) is 11.5 Å². The second-order valence-corrected chi connectivity index (χ2v) is 5.99. The van der Waals surface area contributed by atoms with Crippen molar-refractivity contribution >= 4 is 17.7 Å². The lowest BCUT2D eigenvalue weighted by Crippen LogP contribution is -2.37. The van der Waals surface area contributed by atoms with E-state index < -0.39 is 11.4 Å². The second kappa shape index (κ2) is 6.36. The number of carbonyl (C=O) groups excluding carboxylic acids is 1. The SMILES string of the molecule is COc1cc(C)c(NC(=O)N2CCC(C)(C(=O)O)C2)cc1OC. The highest BCUT2D eigenvalue weighted by molar-refractivity contribution is 5.91. The molecule has 1 aliphatic heterocycles. The van der Waals surface area contributed by atoms with Crippen molar-refractivity contribution in [3.63, 3.8) is 0 Å². The predicted molar refractivity (Wildman–Crippen MR) is 85.2 cm³/mol. The molecule has 23 heavy (non-hydrogen) atoms. The maximum Gasteiger partial charge on any atom is 0.321 e. The minimum atomic E-state index is -0.885. The Bertz CT molecular complexity index is 631. The lowest BCUT2D eigenvalue weighted by atomic mass is 9.90. The van der Waals surface area contributed by atoms with E-state index in [0.29, 0.717) is 30.2 Å². The molecule has 2 rings (SSSR count). The summed E-state index contributed by atoms with van der Waals surface area (Å²) in [5.41, 5.74) is 0.553. The van der Waals surface area contributed by atoms with Crippen molar-refractivity contribution in [2.45, 2.75) is 20.3 Å². The first-order chi connectivity index (χ1) is 10.8. The molecule has 0 aliphatic carbocycles. The van der Waals surface area contributed by atoms with Crippen molar-refractivity contribution in [2.75, 3.05) is 32.6 Å². The van der Waals surface area contributed by atoms with Gasteiger partial charge in [-0.25, -0.2) is 4.79 Å². The molecule has 0 bridgehead atoms. The lowest BCUT2D eigenvalue weighted by molar-refractivity contribution is -0.146. The highest BCUT2D eigenvalue weighted by Gasteiger charge is 2.42. The van der Waals surface area contributed by atoms with Crippen LogP contribution in [0.15, 0.2) is 12.1 Å². The van der Waals surface area contributed by atoms with Crippen LogP contribution in [0.25, 0.3) is 0 Å². The number of nitrogens with one attached hydrogen (secondary N) is 1. The van der Waals surface area contributed by atoms with E-state index >= 15 is 0 Å². The number of aryl methyl sites for hydroxylation is 1. The number of likely N-dealkylation sites (tertiary alicyclic amines) is 1. The average Bonchev–Trinajstić information content (AvgIpc) is 2.93. The number of benzene rings is 1. The molecular formula is C16H22N2O5. The number of hydrogen-bond acceptors (Lipinski definition) is 4. The molecule has 126 valence electrons. The number of amides is 2. The average molecular weight is 322 g/mol. The molecule has 1 unspecified atom stereocenters. The van der Waals surface area contributed by atoms with Crippen molar-refractivity contribution < 1.29 is 24.2 Å². The third-order valence-corrected chi connectivity index (χ3v) is 4.25. The first-order valence-electron chi connectivity index (χ1n) is 7.32. The Morgan fingerprint density at radius 1 is 1.26 bits per heavy atom. The summed E-state index contributed by atoms with van der Waals surface area (Å²) in [5.74, 6) is 0.225. The molecule has 7 nitrogen and oxygen atoms in total. The fourth-order valence-corrected chi connectivity index (χ4v) is 2.62. The van der Waals surface area contributed by atoms with Crippen LogP contribution in [0.3, 0.4) is 0 Å². The minimum Gasteiger partial charge on any atom is -0.493 e. The molecule has 0 spiro atoms. The lowest BCUT2D eigenvalue weighted by Gasteiger charge is -2.21. The van der Waals surface area contributed by atoms with Crippen LogP contribution >= 0.6 is 0 Å². The number of carboxylic acid groups (broad SMARTS) is 1. The van der Waals surface area contributed by atoms with Gasteiger partial charge in [0, 0.05) is 24.8 Å². The van der Waals surface area contributed by atoms with Crippen LogP contribution in [0.5, 0.6) is 11.5 Å². The van der Waals surface area contributed by atoms with E-state index in [1.54, 1.807) is 26.2 Å². The van der Waals surface area contributed by atoms with Crippen LogP contribution in [0.1, 0.15) is 18.9 Å². The van der Waals surface area contributed by atoms with Crippen LogP contribution in [0.4, 0.5) is 10.5 Å². The van der Waals surface area contributed by atoms with E-state index in [1.807, 2.05) is 6.92 Å². The number of nitrogens with zero attached hydrogens (tertiary/aromatic N) is 1. The number of anilines is 1. The van der Waals surface area contributed by atoms with E-state index in [1.165, 1.54) is 12.0 Å². The van der Waals surface area contributed by atoms with Crippen LogP contribution in [-0.4, -0.2) is 49.3 Å². The first-order valence-corrected chi connectivity index (χ1v) is 7.32. The summed E-state index contributed by atoms with van der Waals surface area (Å²) in [6.45, 7) is 4.12. The van der Waals surface area contributed by atoms with E-state index in [4.69, 9.17) is 9.47 Å². The van der Waals surface area contributed by atoms with Gasteiger partial charge >= 0.3 is 12.0 Å². The number of carboxylic acids is 1. The molecule has 1 aliphatic rings. The van der Waals surface area contributed by atoms with Crippen LogP contribution in [-0.2, 0) is 4.79 Å². The van der Waals surface area contributed by atoms with Gasteiger partial charge in [0.15, 0.2) is 11.5 Å². The van der Waals surface area contributed by atoms with Gasteiger partial charge in [-0.15, -0.1) is 0 Å². The summed E-state index contributed by atoms with van der Waals surface area (Å²) in [5, 5.41) is 12.1. The standard InChI is InChI=1S/C16H22N2O5/c1-10-7-12(22-3)13(23-4)8-11(10)17-15(21)18-6-5-16(2,9-18)14(19)20/h7-8H,5-6,9H2,1-4H3,(H,17,21)(H,19,20). The Morgan fingerprint density at radius 3 is 2.39 bits per heavy atom. The Labute approximate surface area is 135 Å². The highest BCUT2D eigenvalue weighted by Crippen LogP contribution is 2.34. The summed E-state index contributed by atoms with van der Waals surface area (Å²) in [7, 11) is 3.07. The molecule has 1 fully saturated rings. The summed E-state index contributed by atoms with van der Waals surface area (Å²) in [4.78, 5) is 25.2. The third kappa shape index (κ3) is 3.33. The zero-order chi connectivity index (χ0) is 17.2. The van der Waals surface area contributed by atoms with Gasteiger partial charge in [-0.3, -0.25) is 4.79 Å². The Kier molecular flexibility index (Phi) is 4.68. The largest absolute Gasteiger partial charge is 0.493 e. The zero-order valence-corrected chi connectivity index (χ0v) is 13.8. The molecule has 2 amide bonds. The van der Waals surface area contributed by atoms with Crippen molar-refractivity contribution in [3.05, 3.63) is 17.7 Å². The van der Waals surface area contributed by atoms with Crippen molar-refractivity contribution in [2.24, 2.45) is 5.41 Å². The molecule has 0 aromatic heterocycles. The van der Waals surface area contributed by atoms with Crippen LogP contribution < -0.4 is 14.8 Å². The molecule has 1 aromatic carbocycles. The predicted octanol–water partition coefficient (Wildman–Crippen LogP) is 2.34. The van der Waals surface area contributed by atoms with Gasteiger partial charge in [0.05, 0.1) is 19.6 Å². The molecule has 1 aromatic rings. The number of methoxy groups -OCH3 is 2. The van der Waals surface area contributed by atoms with E-state index in [-0.39, 0.29) is 12.6 Å². The summed E-state index contributed by atoms with van der Waals surface area (Å²) in [6, 6.07) is 3.16. The molecule has 1 heterocycles. The second-order valence-electron chi connectivity index (χ2n) is 5.99.